The summed E-state index contributed by atoms with van der Waals surface area (Å²) in [5.41, 5.74) is 1.66. The van der Waals surface area contributed by atoms with Crippen LogP contribution in [0.15, 0.2) is 53.6 Å². The molecule has 0 aliphatic carbocycles. The molecule has 0 atom stereocenters. The maximum Gasteiger partial charge on any atom is 0.264 e. The third kappa shape index (κ3) is 3.44. The molecule has 4 aromatic rings. The highest BCUT2D eigenvalue weighted by molar-refractivity contribution is 14.1. The summed E-state index contributed by atoms with van der Waals surface area (Å²) >= 11 is 3.10. The normalized spacial score (nSPS) is 11.4. The standard InChI is InChI=1S/C19H16IN3O3S/c1-3-25-27-26-19-17(21-16-7-5-14(20)11-23(16)19)22-9-8-13-10-12(2)4-6-15(13)18(22)24/h4-11H,3H2,1-2H3. The van der Waals surface area contributed by atoms with E-state index >= 15 is 0 Å². The quantitative estimate of drug-likeness (QED) is 0.232. The maximum atomic E-state index is 13.1. The van der Waals surface area contributed by atoms with Gasteiger partial charge in [-0.2, -0.15) is 0 Å². The first-order chi connectivity index (χ1) is 13.1. The smallest absolute Gasteiger partial charge is 0.264 e. The Morgan fingerprint density at radius 1 is 1.22 bits per heavy atom. The van der Waals surface area contributed by atoms with Crippen LogP contribution in [0.3, 0.4) is 0 Å². The summed E-state index contributed by atoms with van der Waals surface area (Å²) in [6.45, 7) is 4.39. The molecular weight excluding hydrogens is 477 g/mol. The summed E-state index contributed by atoms with van der Waals surface area (Å²) < 4.78 is 15.4. The summed E-state index contributed by atoms with van der Waals surface area (Å²) in [5, 5.41) is 1.54. The third-order valence-corrected chi connectivity index (χ3v) is 5.28. The minimum Gasteiger partial charge on any atom is -0.377 e. The molecule has 0 fully saturated rings. The highest BCUT2D eigenvalue weighted by Crippen LogP contribution is 2.28. The molecule has 3 heterocycles. The fraction of sp³-hybridized carbons (Fsp3) is 0.158. The van der Waals surface area contributed by atoms with Crippen LogP contribution in [-0.2, 0) is 4.18 Å². The molecule has 0 radical (unpaired) electrons. The second-order valence-corrected chi connectivity index (χ2v) is 7.74. The number of fused-ring (bicyclic) bond motifs is 2. The average molecular weight is 493 g/mol. The Bertz CT molecular complexity index is 1200. The Hall–Kier alpha value is -2.04. The maximum absolute atomic E-state index is 13.1. The van der Waals surface area contributed by atoms with Crippen LogP contribution in [0.5, 0.6) is 5.88 Å². The molecular formula is C19H16IN3O3S. The largest absolute Gasteiger partial charge is 0.377 e. The van der Waals surface area contributed by atoms with Gasteiger partial charge >= 0.3 is 0 Å². The van der Waals surface area contributed by atoms with Crippen molar-refractivity contribution in [2.45, 2.75) is 13.8 Å². The predicted octanol–water partition coefficient (Wildman–Crippen LogP) is 4.53. The first kappa shape index (κ1) is 18.3. The predicted molar refractivity (Wildman–Crippen MR) is 116 cm³/mol. The van der Waals surface area contributed by atoms with Crippen LogP contribution >= 0.6 is 34.9 Å². The van der Waals surface area contributed by atoms with Gasteiger partial charge in [0.25, 0.3) is 11.4 Å². The Kier molecular flexibility index (Phi) is 5.11. The van der Waals surface area contributed by atoms with Crippen LogP contribution in [0.1, 0.15) is 12.5 Å². The Labute approximate surface area is 173 Å². The highest BCUT2D eigenvalue weighted by Gasteiger charge is 2.19. The van der Waals surface area contributed by atoms with Gasteiger partial charge in [-0.3, -0.25) is 17.9 Å². The van der Waals surface area contributed by atoms with Crippen molar-refractivity contribution in [1.29, 1.82) is 0 Å². The van der Waals surface area contributed by atoms with E-state index in [0.717, 1.165) is 26.8 Å². The van der Waals surface area contributed by atoms with E-state index in [0.29, 0.717) is 29.3 Å². The minimum absolute atomic E-state index is 0.142. The van der Waals surface area contributed by atoms with Gasteiger partial charge in [0, 0.05) is 21.4 Å². The fourth-order valence-corrected chi connectivity index (χ4v) is 3.68. The van der Waals surface area contributed by atoms with Gasteiger partial charge in [-0.05, 0) is 66.1 Å². The zero-order valence-electron chi connectivity index (χ0n) is 14.7. The number of aromatic nitrogens is 3. The molecule has 1 aromatic carbocycles. The van der Waals surface area contributed by atoms with Crippen molar-refractivity contribution < 1.29 is 8.37 Å². The molecule has 0 saturated heterocycles. The average Bonchev–Trinajstić information content (AvgIpc) is 3.00. The molecule has 0 saturated carbocycles. The molecule has 0 amide bonds. The summed E-state index contributed by atoms with van der Waals surface area (Å²) in [6, 6.07) is 11.5. The van der Waals surface area contributed by atoms with Gasteiger partial charge in [0.1, 0.15) is 5.65 Å². The molecule has 8 heteroatoms. The molecule has 138 valence electrons. The number of hydrogen-bond acceptors (Lipinski definition) is 5. The van der Waals surface area contributed by atoms with E-state index in [1.165, 1.54) is 4.57 Å². The molecule has 4 rings (SSSR count). The molecule has 3 aromatic heterocycles. The van der Waals surface area contributed by atoms with Crippen LogP contribution in [0.2, 0.25) is 0 Å². The number of benzene rings is 1. The summed E-state index contributed by atoms with van der Waals surface area (Å²) in [4.78, 5) is 17.7. The number of imidazole rings is 1. The summed E-state index contributed by atoms with van der Waals surface area (Å²) in [7, 11) is 0. The molecule has 0 bridgehead atoms. The monoisotopic (exact) mass is 493 g/mol. The molecule has 27 heavy (non-hydrogen) atoms. The topological polar surface area (TPSA) is 57.8 Å². The zero-order chi connectivity index (χ0) is 19.0. The van der Waals surface area contributed by atoms with Crippen LogP contribution < -0.4 is 9.74 Å². The number of aryl methyl sites for hydroxylation is 1. The molecule has 6 nitrogen and oxygen atoms in total. The number of hydrogen-bond donors (Lipinski definition) is 0. The van der Waals surface area contributed by atoms with Gasteiger partial charge in [-0.15, -0.1) is 0 Å². The van der Waals surface area contributed by atoms with E-state index < -0.39 is 0 Å². The second kappa shape index (κ2) is 7.53. The van der Waals surface area contributed by atoms with Gasteiger partial charge in [0.2, 0.25) is 18.1 Å². The lowest BCUT2D eigenvalue weighted by atomic mass is 10.1. The summed E-state index contributed by atoms with van der Waals surface area (Å²) in [6.07, 6.45) is 3.64. The van der Waals surface area contributed by atoms with E-state index in [2.05, 4.69) is 27.6 Å². The summed E-state index contributed by atoms with van der Waals surface area (Å²) in [5.74, 6) is 0.868. The van der Waals surface area contributed by atoms with Crippen LogP contribution in [0, 0.1) is 10.5 Å². The van der Waals surface area contributed by atoms with E-state index in [-0.39, 0.29) is 5.56 Å². The van der Waals surface area contributed by atoms with Crippen molar-refractivity contribution in [2.24, 2.45) is 0 Å². The van der Waals surface area contributed by atoms with Crippen LogP contribution in [0.4, 0.5) is 0 Å². The minimum atomic E-state index is -0.142. The van der Waals surface area contributed by atoms with E-state index in [1.54, 1.807) is 6.20 Å². The lowest BCUT2D eigenvalue weighted by Gasteiger charge is -2.08. The number of halogens is 1. The van der Waals surface area contributed by atoms with Gasteiger partial charge < -0.3 is 4.18 Å². The van der Waals surface area contributed by atoms with Crippen molar-refractivity contribution in [2.75, 3.05) is 6.61 Å². The SMILES string of the molecule is CCOSOc1c(-n2ccc3cc(C)ccc3c2=O)nc2ccc(I)cn12. The number of pyridine rings is 2. The number of rotatable bonds is 5. The van der Waals surface area contributed by atoms with Gasteiger partial charge in [0.05, 0.1) is 6.61 Å². The van der Waals surface area contributed by atoms with Crippen molar-refractivity contribution in [3.05, 3.63) is 68.3 Å². The van der Waals surface area contributed by atoms with Gasteiger partial charge in [0.15, 0.2) is 0 Å². The van der Waals surface area contributed by atoms with E-state index in [1.807, 2.05) is 60.8 Å². The Morgan fingerprint density at radius 2 is 2.07 bits per heavy atom. The number of nitrogens with zero attached hydrogens (tertiary/aromatic N) is 3. The Balaban J connectivity index is 1.94. The van der Waals surface area contributed by atoms with Crippen molar-refractivity contribution in [1.82, 2.24) is 14.0 Å². The van der Waals surface area contributed by atoms with Crippen LogP contribution in [-0.4, -0.2) is 20.6 Å². The zero-order valence-corrected chi connectivity index (χ0v) is 17.7. The third-order valence-electron chi connectivity index (χ3n) is 4.09. The van der Waals surface area contributed by atoms with E-state index in [4.69, 9.17) is 8.37 Å². The first-order valence-corrected chi connectivity index (χ1v) is 10.1. The fourth-order valence-electron chi connectivity index (χ4n) is 2.86. The molecule has 0 unspecified atom stereocenters. The van der Waals surface area contributed by atoms with Gasteiger partial charge in [-0.25, -0.2) is 4.98 Å². The van der Waals surface area contributed by atoms with Crippen molar-refractivity contribution >= 4 is 51.3 Å². The lowest BCUT2D eigenvalue weighted by Crippen LogP contribution is -2.18. The first-order valence-electron chi connectivity index (χ1n) is 8.34. The molecule has 0 N–H and O–H groups in total. The van der Waals surface area contributed by atoms with Crippen molar-refractivity contribution in [3.63, 3.8) is 0 Å². The second-order valence-electron chi connectivity index (χ2n) is 5.96. The van der Waals surface area contributed by atoms with Gasteiger partial charge in [-0.1, -0.05) is 17.7 Å². The molecule has 0 aliphatic heterocycles. The molecule has 0 spiro atoms. The van der Waals surface area contributed by atoms with Crippen molar-refractivity contribution in [3.8, 4) is 11.7 Å². The molecule has 0 aliphatic rings. The highest BCUT2D eigenvalue weighted by atomic mass is 127. The van der Waals surface area contributed by atoms with E-state index in [9.17, 15) is 4.79 Å². The van der Waals surface area contributed by atoms with Crippen LogP contribution in [0.25, 0.3) is 22.2 Å². The lowest BCUT2D eigenvalue weighted by molar-refractivity contribution is 0.366. The Morgan fingerprint density at radius 3 is 2.89 bits per heavy atom.